The zero-order chi connectivity index (χ0) is 16.5. The van der Waals surface area contributed by atoms with Crippen molar-refractivity contribution in [3.8, 4) is 0 Å². The topological polar surface area (TPSA) is 93.3 Å². The number of non-ortho nitro benzene ring substituents is 1. The van der Waals surface area contributed by atoms with Crippen LogP contribution >= 0.6 is 11.3 Å². The van der Waals surface area contributed by atoms with E-state index < -0.39 is 4.92 Å². The van der Waals surface area contributed by atoms with Crippen molar-refractivity contribution >= 4 is 39.3 Å². The molecule has 4 rings (SSSR count). The van der Waals surface area contributed by atoms with Gasteiger partial charge in [0.25, 0.3) is 5.69 Å². The highest BCUT2D eigenvalue weighted by atomic mass is 32.1. The molecule has 24 heavy (non-hydrogen) atoms. The molecule has 1 aliphatic carbocycles. The lowest BCUT2D eigenvalue weighted by Gasteiger charge is -2.02. The highest BCUT2D eigenvalue weighted by Gasteiger charge is 2.20. The minimum Gasteiger partial charge on any atom is -0.261 e. The van der Waals surface area contributed by atoms with Crippen molar-refractivity contribution in [1.29, 1.82) is 0 Å². The number of thiophene rings is 1. The lowest BCUT2D eigenvalue weighted by Crippen LogP contribution is -1.96. The van der Waals surface area contributed by atoms with Crippen molar-refractivity contribution in [1.82, 2.24) is 9.97 Å². The van der Waals surface area contributed by atoms with Gasteiger partial charge in [-0.2, -0.15) is 5.10 Å². The van der Waals surface area contributed by atoms with Gasteiger partial charge in [-0.25, -0.2) is 9.97 Å². The third-order valence-corrected chi connectivity index (χ3v) is 5.19. The molecular weight excluding hydrogens is 326 g/mol. The molecule has 0 atom stereocenters. The van der Waals surface area contributed by atoms with Gasteiger partial charge in [-0.1, -0.05) is 0 Å². The van der Waals surface area contributed by atoms with Crippen LogP contribution < -0.4 is 5.43 Å². The molecule has 1 aliphatic rings. The maximum Gasteiger partial charge on any atom is 0.269 e. The van der Waals surface area contributed by atoms with Crippen molar-refractivity contribution in [2.75, 3.05) is 5.43 Å². The molecule has 0 saturated heterocycles. The largest absolute Gasteiger partial charge is 0.269 e. The van der Waals surface area contributed by atoms with Gasteiger partial charge in [0.1, 0.15) is 11.2 Å². The van der Waals surface area contributed by atoms with E-state index >= 15 is 0 Å². The maximum atomic E-state index is 10.6. The standard InChI is InChI=1S/C16H13N5O2S/c22-21(23)11-6-4-10(5-7-11)8-19-20-15-14-12-2-1-3-13(12)24-16(14)18-9-17-15/h4-9H,1-3H2,(H,17,18,20)/b19-8+. The predicted octanol–water partition coefficient (Wildman–Crippen LogP) is 3.53. The predicted molar refractivity (Wildman–Crippen MR) is 93.8 cm³/mol. The van der Waals surface area contributed by atoms with E-state index in [1.807, 2.05) is 0 Å². The Labute approximate surface area is 141 Å². The number of hydrazone groups is 1. The van der Waals surface area contributed by atoms with E-state index in [1.165, 1.54) is 35.3 Å². The van der Waals surface area contributed by atoms with E-state index in [1.54, 1.807) is 29.7 Å². The van der Waals surface area contributed by atoms with Gasteiger partial charge >= 0.3 is 0 Å². The smallest absolute Gasteiger partial charge is 0.261 e. The number of nitro groups is 1. The lowest BCUT2D eigenvalue weighted by atomic mass is 10.2. The Hall–Kier alpha value is -2.87. The molecular formula is C16H13N5O2S. The first-order valence-electron chi connectivity index (χ1n) is 7.51. The summed E-state index contributed by atoms with van der Waals surface area (Å²) in [5, 5.41) is 15.9. The fourth-order valence-corrected chi connectivity index (χ4v) is 4.09. The van der Waals surface area contributed by atoms with Crippen molar-refractivity contribution in [2.24, 2.45) is 5.10 Å². The van der Waals surface area contributed by atoms with Crippen molar-refractivity contribution in [3.63, 3.8) is 0 Å². The van der Waals surface area contributed by atoms with Crippen LogP contribution in [0.2, 0.25) is 0 Å². The van der Waals surface area contributed by atoms with Crippen LogP contribution in [0.3, 0.4) is 0 Å². The summed E-state index contributed by atoms with van der Waals surface area (Å²) in [6.07, 6.45) is 6.50. The quantitative estimate of drug-likeness (QED) is 0.446. The number of aromatic nitrogens is 2. The minimum atomic E-state index is -0.423. The first-order chi connectivity index (χ1) is 11.7. The number of benzene rings is 1. The number of nitrogens with zero attached hydrogens (tertiary/aromatic N) is 4. The molecule has 0 unspecified atom stereocenters. The number of fused-ring (bicyclic) bond motifs is 3. The summed E-state index contributed by atoms with van der Waals surface area (Å²) >= 11 is 1.73. The summed E-state index contributed by atoms with van der Waals surface area (Å²) in [6, 6.07) is 6.22. The zero-order valence-electron chi connectivity index (χ0n) is 12.6. The molecule has 120 valence electrons. The first kappa shape index (κ1) is 14.7. The second-order valence-corrected chi connectivity index (χ2v) is 6.56. The lowest BCUT2D eigenvalue weighted by molar-refractivity contribution is -0.384. The van der Waals surface area contributed by atoms with Gasteiger partial charge in [0.05, 0.1) is 16.5 Å². The molecule has 0 radical (unpaired) electrons. The van der Waals surface area contributed by atoms with E-state index in [9.17, 15) is 10.1 Å². The third kappa shape index (κ3) is 2.61. The third-order valence-electron chi connectivity index (χ3n) is 3.99. The zero-order valence-corrected chi connectivity index (χ0v) is 13.4. The van der Waals surface area contributed by atoms with Gasteiger partial charge in [-0.3, -0.25) is 15.5 Å². The average molecular weight is 339 g/mol. The summed E-state index contributed by atoms with van der Waals surface area (Å²) in [5.74, 6) is 0.706. The minimum absolute atomic E-state index is 0.0615. The molecule has 1 N–H and O–H groups in total. The van der Waals surface area contributed by atoms with Gasteiger partial charge < -0.3 is 0 Å². The Bertz CT molecular complexity index is 949. The van der Waals surface area contributed by atoms with Crippen LogP contribution in [0.1, 0.15) is 22.4 Å². The summed E-state index contributed by atoms with van der Waals surface area (Å²) in [5.41, 5.74) is 5.15. The summed E-state index contributed by atoms with van der Waals surface area (Å²) in [6.45, 7) is 0. The van der Waals surface area contributed by atoms with Crippen molar-refractivity contribution in [3.05, 3.63) is 56.7 Å². The summed E-state index contributed by atoms with van der Waals surface area (Å²) < 4.78 is 0. The first-order valence-corrected chi connectivity index (χ1v) is 8.33. The number of rotatable bonds is 4. The Morgan fingerprint density at radius 2 is 2.08 bits per heavy atom. The van der Waals surface area contributed by atoms with Gasteiger partial charge in [-0.15, -0.1) is 11.3 Å². The van der Waals surface area contributed by atoms with Gasteiger partial charge in [-0.05, 0) is 42.5 Å². The second-order valence-electron chi connectivity index (χ2n) is 5.48. The monoisotopic (exact) mass is 339 g/mol. The van der Waals surface area contributed by atoms with Crippen LogP contribution in [0.4, 0.5) is 11.5 Å². The van der Waals surface area contributed by atoms with Crippen LogP contribution in [0.25, 0.3) is 10.2 Å². The molecule has 8 heteroatoms. The molecule has 0 spiro atoms. The molecule has 3 aromatic rings. The Morgan fingerprint density at radius 1 is 1.25 bits per heavy atom. The molecule has 0 fully saturated rings. The van der Waals surface area contributed by atoms with Crippen LogP contribution in [0, 0.1) is 10.1 Å². The number of aryl methyl sites for hydroxylation is 2. The SMILES string of the molecule is O=[N+]([O-])c1ccc(/C=N/Nc2ncnc3sc4c(c23)CCC4)cc1. The Balaban J connectivity index is 1.57. The molecule has 0 bridgehead atoms. The number of hydrogen-bond acceptors (Lipinski definition) is 7. The number of nitro benzene ring substituents is 1. The van der Waals surface area contributed by atoms with Crippen LogP contribution in [-0.4, -0.2) is 21.1 Å². The molecule has 7 nitrogen and oxygen atoms in total. The van der Waals surface area contributed by atoms with E-state index in [0.29, 0.717) is 5.82 Å². The molecule has 2 aromatic heterocycles. The Morgan fingerprint density at radius 3 is 2.88 bits per heavy atom. The fraction of sp³-hybridized carbons (Fsp3) is 0.188. The summed E-state index contributed by atoms with van der Waals surface area (Å²) in [4.78, 5) is 21.3. The number of nitrogens with one attached hydrogen (secondary N) is 1. The van der Waals surface area contributed by atoms with E-state index in [-0.39, 0.29) is 5.69 Å². The van der Waals surface area contributed by atoms with E-state index in [0.717, 1.165) is 28.6 Å². The van der Waals surface area contributed by atoms with Crippen LogP contribution in [-0.2, 0) is 12.8 Å². The van der Waals surface area contributed by atoms with Gasteiger partial charge in [0.2, 0.25) is 0 Å². The van der Waals surface area contributed by atoms with E-state index in [2.05, 4.69) is 20.5 Å². The van der Waals surface area contributed by atoms with Crippen LogP contribution in [0.15, 0.2) is 35.7 Å². The molecule has 0 amide bonds. The summed E-state index contributed by atoms with van der Waals surface area (Å²) in [7, 11) is 0. The number of anilines is 1. The number of hydrogen-bond donors (Lipinski definition) is 1. The maximum absolute atomic E-state index is 10.6. The average Bonchev–Trinajstić information content (AvgIpc) is 3.16. The second kappa shape index (κ2) is 5.97. The van der Waals surface area contributed by atoms with Crippen molar-refractivity contribution in [2.45, 2.75) is 19.3 Å². The highest BCUT2D eigenvalue weighted by molar-refractivity contribution is 7.19. The van der Waals surface area contributed by atoms with Gasteiger partial charge in [0.15, 0.2) is 5.82 Å². The fourth-order valence-electron chi connectivity index (χ4n) is 2.86. The van der Waals surface area contributed by atoms with Crippen LogP contribution in [0.5, 0.6) is 0 Å². The highest BCUT2D eigenvalue weighted by Crippen LogP contribution is 2.38. The molecule has 0 saturated carbocycles. The van der Waals surface area contributed by atoms with E-state index in [4.69, 9.17) is 0 Å². The van der Waals surface area contributed by atoms with Gasteiger partial charge in [0, 0.05) is 17.0 Å². The molecule has 2 heterocycles. The molecule has 0 aliphatic heterocycles. The molecule has 1 aromatic carbocycles. The normalized spacial score (nSPS) is 13.5. The van der Waals surface area contributed by atoms with Crippen molar-refractivity contribution < 1.29 is 4.92 Å². The Kier molecular flexibility index (Phi) is 3.66.